The van der Waals surface area contributed by atoms with Gasteiger partial charge in [-0.1, -0.05) is 23.7 Å². The molecule has 1 aromatic heterocycles. The average Bonchev–Trinajstić information content (AvgIpc) is 2.48. The number of hydrogen-bond donors (Lipinski definition) is 2. The average molecular weight is 344 g/mol. The molecular formula is C14H15ClFN3O2S. The van der Waals surface area contributed by atoms with Crippen LogP contribution in [0.5, 0.6) is 0 Å². The van der Waals surface area contributed by atoms with E-state index in [1.807, 2.05) is 0 Å². The van der Waals surface area contributed by atoms with Crippen LogP contribution in [0.25, 0.3) is 0 Å². The Morgan fingerprint density at radius 1 is 1.27 bits per heavy atom. The fourth-order valence-electron chi connectivity index (χ4n) is 1.67. The third-order valence-corrected chi connectivity index (χ3v) is 4.39. The lowest BCUT2D eigenvalue weighted by Crippen LogP contribution is -2.14. The van der Waals surface area contributed by atoms with Crippen LogP contribution in [0.1, 0.15) is 12.5 Å². The van der Waals surface area contributed by atoms with Gasteiger partial charge < -0.3 is 5.32 Å². The second-order valence-corrected chi connectivity index (χ2v) is 6.99. The van der Waals surface area contributed by atoms with E-state index in [0.717, 1.165) is 5.56 Å². The molecule has 0 radical (unpaired) electrons. The fraction of sp³-hybridized carbons (Fsp3) is 0.214. The number of pyridine rings is 1. The number of hydrogen-bond acceptors (Lipinski definition) is 4. The first-order valence-corrected chi connectivity index (χ1v) is 8.57. The summed E-state index contributed by atoms with van der Waals surface area (Å²) in [5.41, 5.74) is 1.34. The van der Waals surface area contributed by atoms with E-state index in [0.29, 0.717) is 12.2 Å². The SMILES string of the molecule is CCS(=O)(=O)Nc1ccc(CNc2ncc(Cl)cc2F)cc1. The van der Waals surface area contributed by atoms with Crippen LogP contribution < -0.4 is 10.0 Å². The van der Waals surface area contributed by atoms with Crippen molar-refractivity contribution in [3.05, 3.63) is 52.9 Å². The van der Waals surface area contributed by atoms with E-state index in [1.54, 1.807) is 31.2 Å². The summed E-state index contributed by atoms with van der Waals surface area (Å²) in [6.45, 7) is 1.92. The van der Waals surface area contributed by atoms with Gasteiger partial charge in [-0.15, -0.1) is 0 Å². The van der Waals surface area contributed by atoms with E-state index >= 15 is 0 Å². The van der Waals surface area contributed by atoms with Gasteiger partial charge in [-0.05, 0) is 30.7 Å². The molecule has 0 aliphatic heterocycles. The summed E-state index contributed by atoms with van der Waals surface area (Å²) in [6.07, 6.45) is 1.36. The van der Waals surface area contributed by atoms with Gasteiger partial charge in [0.1, 0.15) is 0 Å². The molecule has 0 aliphatic carbocycles. The van der Waals surface area contributed by atoms with Gasteiger partial charge in [-0.2, -0.15) is 0 Å². The van der Waals surface area contributed by atoms with E-state index in [1.165, 1.54) is 12.3 Å². The molecule has 0 fully saturated rings. The molecule has 2 rings (SSSR count). The summed E-state index contributed by atoms with van der Waals surface area (Å²) >= 11 is 5.63. The molecule has 1 aromatic carbocycles. The van der Waals surface area contributed by atoms with Crippen molar-refractivity contribution < 1.29 is 12.8 Å². The number of aromatic nitrogens is 1. The molecule has 0 aliphatic rings. The molecule has 2 aromatic rings. The molecule has 118 valence electrons. The lowest BCUT2D eigenvalue weighted by molar-refractivity contribution is 0.602. The lowest BCUT2D eigenvalue weighted by Gasteiger charge is -2.09. The molecule has 5 nitrogen and oxygen atoms in total. The quantitative estimate of drug-likeness (QED) is 0.844. The van der Waals surface area contributed by atoms with Crippen LogP contribution in [0.4, 0.5) is 15.9 Å². The topological polar surface area (TPSA) is 71.1 Å². The zero-order chi connectivity index (χ0) is 16.2. The van der Waals surface area contributed by atoms with E-state index in [4.69, 9.17) is 11.6 Å². The fourth-order valence-corrected chi connectivity index (χ4v) is 2.46. The summed E-state index contributed by atoms with van der Waals surface area (Å²) < 4.78 is 38.9. The zero-order valence-electron chi connectivity index (χ0n) is 11.8. The number of benzene rings is 1. The summed E-state index contributed by atoms with van der Waals surface area (Å²) in [6, 6.07) is 7.97. The number of nitrogens with one attached hydrogen (secondary N) is 2. The van der Waals surface area contributed by atoms with Gasteiger partial charge in [-0.25, -0.2) is 17.8 Å². The molecule has 0 bridgehead atoms. The molecular weight excluding hydrogens is 329 g/mol. The third-order valence-electron chi connectivity index (χ3n) is 2.88. The minimum absolute atomic E-state index is 0.0117. The van der Waals surface area contributed by atoms with Gasteiger partial charge >= 0.3 is 0 Å². The maximum Gasteiger partial charge on any atom is 0.232 e. The number of rotatable bonds is 6. The van der Waals surface area contributed by atoms with Crippen molar-refractivity contribution in [3.8, 4) is 0 Å². The van der Waals surface area contributed by atoms with Gasteiger partial charge in [-0.3, -0.25) is 4.72 Å². The highest BCUT2D eigenvalue weighted by Gasteiger charge is 2.07. The van der Waals surface area contributed by atoms with E-state index in [2.05, 4.69) is 15.0 Å². The Labute approximate surface area is 133 Å². The molecule has 0 unspecified atom stereocenters. The molecule has 0 atom stereocenters. The molecule has 0 spiro atoms. The molecule has 0 saturated heterocycles. The van der Waals surface area contributed by atoms with Crippen molar-refractivity contribution in [1.29, 1.82) is 0 Å². The van der Waals surface area contributed by atoms with Crippen molar-refractivity contribution in [2.75, 3.05) is 15.8 Å². The molecule has 22 heavy (non-hydrogen) atoms. The lowest BCUT2D eigenvalue weighted by atomic mass is 10.2. The third kappa shape index (κ3) is 4.57. The van der Waals surface area contributed by atoms with Crippen LogP contribution in [-0.4, -0.2) is 19.2 Å². The maximum absolute atomic E-state index is 13.6. The predicted octanol–water partition coefficient (Wildman–Crippen LogP) is 3.25. The Morgan fingerprint density at radius 3 is 2.55 bits per heavy atom. The van der Waals surface area contributed by atoms with Crippen LogP contribution in [0.15, 0.2) is 36.5 Å². The Hall–Kier alpha value is -1.86. The van der Waals surface area contributed by atoms with E-state index in [-0.39, 0.29) is 16.6 Å². The first-order chi connectivity index (χ1) is 10.4. The molecule has 0 saturated carbocycles. The summed E-state index contributed by atoms with van der Waals surface area (Å²) in [5, 5.41) is 3.08. The van der Waals surface area contributed by atoms with Crippen LogP contribution in [0.2, 0.25) is 5.02 Å². The highest BCUT2D eigenvalue weighted by molar-refractivity contribution is 7.92. The van der Waals surface area contributed by atoms with Crippen molar-refractivity contribution in [2.45, 2.75) is 13.5 Å². The standard InChI is InChI=1S/C14H15ClFN3O2S/c1-2-22(20,21)19-12-5-3-10(4-6-12)8-17-14-13(16)7-11(15)9-18-14/h3-7,9,19H,2,8H2,1H3,(H,17,18). The smallest absolute Gasteiger partial charge is 0.232 e. The van der Waals surface area contributed by atoms with Crippen LogP contribution in [0.3, 0.4) is 0 Å². The molecule has 1 heterocycles. The van der Waals surface area contributed by atoms with Crippen molar-refractivity contribution in [1.82, 2.24) is 4.98 Å². The molecule has 2 N–H and O–H groups in total. The number of anilines is 2. The highest BCUT2D eigenvalue weighted by Crippen LogP contribution is 2.17. The van der Waals surface area contributed by atoms with Gasteiger partial charge in [0.05, 0.1) is 10.8 Å². The zero-order valence-corrected chi connectivity index (χ0v) is 13.4. The second-order valence-electron chi connectivity index (χ2n) is 4.54. The predicted molar refractivity (Wildman–Crippen MR) is 86.1 cm³/mol. The van der Waals surface area contributed by atoms with Crippen LogP contribution in [-0.2, 0) is 16.6 Å². The molecule has 8 heteroatoms. The Bertz CT molecular complexity index is 751. The minimum atomic E-state index is -3.29. The number of sulfonamides is 1. The number of nitrogens with zero attached hydrogens (tertiary/aromatic N) is 1. The van der Waals surface area contributed by atoms with Crippen LogP contribution >= 0.6 is 11.6 Å². The normalized spacial score (nSPS) is 11.2. The number of halogens is 2. The Kier molecular flexibility index (Phi) is 5.20. The minimum Gasteiger partial charge on any atom is -0.364 e. The van der Waals surface area contributed by atoms with Gasteiger partial charge in [0, 0.05) is 18.4 Å². The van der Waals surface area contributed by atoms with Crippen molar-refractivity contribution >= 4 is 33.1 Å². The Balaban J connectivity index is 1.99. The highest BCUT2D eigenvalue weighted by atomic mass is 35.5. The van der Waals surface area contributed by atoms with Gasteiger partial charge in [0.25, 0.3) is 0 Å². The second kappa shape index (κ2) is 6.93. The van der Waals surface area contributed by atoms with Crippen molar-refractivity contribution in [3.63, 3.8) is 0 Å². The maximum atomic E-state index is 13.6. The van der Waals surface area contributed by atoms with E-state index in [9.17, 15) is 12.8 Å². The first kappa shape index (κ1) is 16.5. The largest absolute Gasteiger partial charge is 0.364 e. The monoisotopic (exact) mass is 343 g/mol. The summed E-state index contributed by atoms with van der Waals surface area (Å²) in [7, 11) is -3.29. The summed E-state index contributed by atoms with van der Waals surface area (Å²) in [5.74, 6) is -0.405. The van der Waals surface area contributed by atoms with Crippen LogP contribution in [0, 0.1) is 5.82 Å². The van der Waals surface area contributed by atoms with Gasteiger partial charge in [0.2, 0.25) is 10.0 Å². The van der Waals surface area contributed by atoms with Gasteiger partial charge in [0.15, 0.2) is 11.6 Å². The first-order valence-electron chi connectivity index (χ1n) is 6.54. The van der Waals surface area contributed by atoms with Crippen molar-refractivity contribution in [2.24, 2.45) is 0 Å². The van der Waals surface area contributed by atoms with E-state index < -0.39 is 15.8 Å². The summed E-state index contributed by atoms with van der Waals surface area (Å²) in [4.78, 5) is 3.86. The molecule has 0 amide bonds. The Morgan fingerprint density at radius 2 is 1.95 bits per heavy atom.